The first-order chi connectivity index (χ1) is 13.8. The van der Waals surface area contributed by atoms with Crippen molar-refractivity contribution in [3.05, 3.63) is 84.8 Å². The Balaban J connectivity index is 1.42. The molecule has 2 heterocycles. The van der Waals surface area contributed by atoms with Gasteiger partial charge in [0.1, 0.15) is 0 Å². The van der Waals surface area contributed by atoms with Crippen LogP contribution in [0.4, 0.5) is 5.69 Å². The van der Waals surface area contributed by atoms with Gasteiger partial charge in [0, 0.05) is 17.3 Å². The van der Waals surface area contributed by atoms with E-state index in [2.05, 4.69) is 10.5 Å². The quantitative estimate of drug-likeness (QED) is 0.519. The van der Waals surface area contributed by atoms with Gasteiger partial charge in [0.05, 0.1) is 17.4 Å². The van der Waals surface area contributed by atoms with Crippen LogP contribution in [0.25, 0.3) is 22.6 Å². The Labute approximate surface area is 162 Å². The van der Waals surface area contributed by atoms with E-state index in [0.717, 1.165) is 29.7 Å². The van der Waals surface area contributed by atoms with E-state index in [1.165, 1.54) is 0 Å². The summed E-state index contributed by atoms with van der Waals surface area (Å²) in [7, 11) is 0. The number of hydrogen-bond acceptors (Lipinski definition) is 4. The van der Waals surface area contributed by atoms with Crippen molar-refractivity contribution < 1.29 is 13.7 Å². The number of para-hydroxylation sites is 1. The maximum Gasteiger partial charge on any atom is 0.236 e. The van der Waals surface area contributed by atoms with Crippen molar-refractivity contribution in [1.82, 2.24) is 5.16 Å². The fourth-order valence-electron chi connectivity index (χ4n) is 3.46. The summed E-state index contributed by atoms with van der Waals surface area (Å²) in [6.45, 7) is 0. The lowest BCUT2D eigenvalue weighted by Gasteiger charge is -2.15. The van der Waals surface area contributed by atoms with E-state index in [1.807, 2.05) is 54.6 Å². The van der Waals surface area contributed by atoms with Crippen LogP contribution in [-0.2, 0) is 10.2 Å². The van der Waals surface area contributed by atoms with Gasteiger partial charge in [0.15, 0.2) is 5.76 Å². The Morgan fingerprint density at radius 2 is 1.71 bits per heavy atom. The van der Waals surface area contributed by atoms with Crippen molar-refractivity contribution in [2.75, 3.05) is 5.32 Å². The maximum absolute atomic E-state index is 13.2. The molecule has 0 saturated heterocycles. The molecule has 0 spiro atoms. The third-order valence-electron chi connectivity index (χ3n) is 5.21. The van der Waals surface area contributed by atoms with Gasteiger partial charge in [0.25, 0.3) is 0 Å². The predicted molar refractivity (Wildman–Crippen MR) is 106 cm³/mol. The molecule has 0 radical (unpaired) electrons. The van der Waals surface area contributed by atoms with Crippen LogP contribution in [0.2, 0.25) is 0 Å². The molecule has 0 unspecified atom stereocenters. The average Bonchev–Trinajstić information content (AvgIpc) is 3.14. The summed E-state index contributed by atoms with van der Waals surface area (Å²) in [5, 5.41) is 7.26. The molecule has 28 heavy (non-hydrogen) atoms. The topological polar surface area (TPSA) is 68.3 Å². The largest absolute Gasteiger partial charge is 0.461 e. The van der Waals surface area contributed by atoms with Gasteiger partial charge in [-0.2, -0.15) is 0 Å². The molecule has 0 aliphatic heterocycles. The number of nitrogens with zero attached hydrogens (tertiary/aromatic N) is 1. The van der Waals surface area contributed by atoms with Crippen LogP contribution < -0.4 is 5.32 Å². The third-order valence-corrected chi connectivity index (χ3v) is 5.21. The van der Waals surface area contributed by atoms with Gasteiger partial charge in [-0.25, -0.2) is 0 Å². The Kier molecular flexibility index (Phi) is 3.86. The van der Waals surface area contributed by atoms with Gasteiger partial charge >= 0.3 is 0 Å². The molecule has 1 fully saturated rings. The molecule has 1 amide bonds. The van der Waals surface area contributed by atoms with E-state index in [0.29, 0.717) is 17.2 Å². The lowest BCUT2D eigenvalue weighted by atomic mass is 9.99. The molecule has 1 saturated carbocycles. The summed E-state index contributed by atoms with van der Waals surface area (Å²) in [5.41, 5.74) is 2.85. The molecular weight excluding hydrogens is 352 g/mol. The van der Waals surface area contributed by atoms with Crippen LogP contribution >= 0.6 is 0 Å². The fourth-order valence-corrected chi connectivity index (χ4v) is 3.46. The van der Waals surface area contributed by atoms with Crippen molar-refractivity contribution in [3.63, 3.8) is 0 Å². The van der Waals surface area contributed by atoms with Crippen LogP contribution in [-0.4, -0.2) is 11.1 Å². The van der Waals surface area contributed by atoms with Gasteiger partial charge in [-0.3, -0.25) is 4.79 Å². The second kappa shape index (κ2) is 6.53. The normalized spacial score (nSPS) is 14.6. The molecule has 1 aliphatic carbocycles. The maximum atomic E-state index is 13.2. The highest BCUT2D eigenvalue weighted by atomic mass is 16.5. The van der Waals surface area contributed by atoms with Gasteiger partial charge in [0.2, 0.25) is 11.7 Å². The van der Waals surface area contributed by atoms with Crippen molar-refractivity contribution in [2.45, 2.75) is 18.3 Å². The average molecular weight is 370 g/mol. The highest BCUT2D eigenvalue weighted by molar-refractivity contribution is 6.03. The standard InChI is InChI=1S/C23H18N2O3/c26-22(24-18-10-5-4-9-17(18)16-7-2-1-3-8-16)23(12-13-23)21-15-20(28-25-21)19-11-6-14-27-19/h1-11,14-15H,12-13H2,(H,24,26). The number of benzene rings is 2. The van der Waals surface area contributed by atoms with Gasteiger partial charge in [-0.1, -0.05) is 53.7 Å². The van der Waals surface area contributed by atoms with E-state index in [1.54, 1.807) is 24.5 Å². The van der Waals surface area contributed by atoms with Gasteiger partial charge < -0.3 is 14.3 Å². The molecule has 4 aromatic rings. The van der Waals surface area contributed by atoms with Crippen LogP contribution in [0.3, 0.4) is 0 Å². The minimum absolute atomic E-state index is 0.0600. The number of amides is 1. The number of carbonyl (C=O) groups excluding carboxylic acids is 1. The first-order valence-corrected chi connectivity index (χ1v) is 9.23. The second-order valence-corrected chi connectivity index (χ2v) is 7.00. The molecule has 138 valence electrons. The smallest absolute Gasteiger partial charge is 0.236 e. The Hall–Kier alpha value is -3.60. The number of anilines is 1. The monoisotopic (exact) mass is 370 g/mol. The number of carbonyl (C=O) groups is 1. The van der Waals surface area contributed by atoms with Crippen LogP contribution in [0.15, 0.2) is 88.0 Å². The molecule has 2 aromatic carbocycles. The Morgan fingerprint density at radius 1 is 0.929 bits per heavy atom. The van der Waals surface area contributed by atoms with E-state index in [4.69, 9.17) is 8.94 Å². The van der Waals surface area contributed by atoms with Gasteiger partial charge in [-0.15, -0.1) is 0 Å². The molecule has 5 rings (SSSR count). The Morgan fingerprint density at radius 3 is 2.46 bits per heavy atom. The second-order valence-electron chi connectivity index (χ2n) is 7.00. The zero-order chi connectivity index (χ0) is 19.0. The van der Waals surface area contributed by atoms with Crippen molar-refractivity contribution in [3.8, 4) is 22.6 Å². The minimum Gasteiger partial charge on any atom is -0.461 e. The molecule has 5 nitrogen and oxygen atoms in total. The number of rotatable bonds is 5. The fraction of sp³-hybridized carbons (Fsp3) is 0.130. The summed E-state index contributed by atoms with van der Waals surface area (Å²) < 4.78 is 10.8. The number of hydrogen-bond donors (Lipinski definition) is 1. The van der Waals surface area contributed by atoms with Crippen LogP contribution in [0, 0.1) is 0 Å². The minimum atomic E-state index is -0.641. The highest BCUT2D eigenvalue weighted by Crippen LogP contribution is 2.49. The molecular formula is C23H18N2O3. The van der Waals surface area contributed by atoms with E-state index in [-0.39, 0.29) is 5.91 Å². The SMILES string of the molecule is O=C(Nc1ccccc1-c1ccccc1)C1(c2cc(-c3ccco3)on2)CC1. The molecule has 1 N–H and O–H groups in total. The summed E-state index contributed by atoms with van der Waals surface area (Å²) >= 11 is 0. The Bertz CT molecular complexity index is 1110. The molecule has 0 bridgehead atoms. The zero-order valence-electron chi connectivity index (χ0n) is 15.1. The first-order valence-electron chi connectivity index (χ1n) is 9.23. The van der Waals surface area contributed by atoms with E-state index < -0.39 is 5.41 Å². The van der Waals surface area contributed by atoms with Crippen molar-refractivity contribution in [2.24, 2.45) is 0 Å². The van der Waals surface area contributed by atoms with E-state index in [9.17, 15) is 4.79 Å². The molecule has 0 atom stereocenters. The molecule has 5 heteroatoms. The number of nitrogens with one attached hydrogen (secondary N) is 1. The summed E-state index contributed by atoms with van der Waals surface area (Å²) in [6.07, 6.45) is 3.07. The molecule has 1 aliphatic rings. The van der Waals surface area contributed by atoms with E-state index >= 15 is 0 Å². The first kappa shape index (κ1) is 16.6. The molecule has 2 aromatic heterocycles. The number of aromatic nitrogens is 1. The van der Waals surface area contributed by atoms with Crippen molar-refractivity contribution in [1.29, 1.82) is 0 Å². The predicted octanol–water partition coefficient (Wildman–Crippen LogP) is 5.27. The number of furan rings is 1. The lowest BCUT2D eigenvalue weighted by Crippen LogP contribution is -2.28. The lowest BCUT2D eigenvalue weighted by molar-refractivity contribution is -0.118. The summed E-state index contributed by atoms with van der Waals surface area (Å²) in [6, 6.07) is 23.2. The summed E-state index contributed by atoms with van der Waals surface area (Å²) in [4.78, 5) is 13.2. The highest BCUT2D eigenvalue weighted by Gasteiger charge is 2.54. The third kappa shape index (κ3) is 2.81. The van der Waals surface area contributed by atoms with Gasteiger partial charge in [-0.05, 0) is 36.6 Å². The zero-order valence-corrected chi connectivity index (χ0v) is 15.1. The summed E-state index contributed by atoms with van der Waals surface area (Å²) in [5.74, 6) is 1.07. The van der Waals surface area contributed by atoms with Crippen LogP contribution in [0.1, 0.15) is 18.5 Å². The van der Waals surface area contributed by atoms with Crippen molar-refractivity contribution >= 4 is 11.6 Å². The van der Waals surface area contributed by atoms with Crippen LogP contribution in [0.5, 0.6) is 0 Å².